The molecule has 0 bridgehead atoms. The first-order valence-corrected chi connectivity index (χ1v) is 22.5. The number of nitrogens with two attached hydrogens (primary N) is 1. The number of aryl methyl sites for hydroxylation is 1. The van der Waals surface area contributed by atoms with Crippen molar-refractivity contribution in [1.82, 2.24) is 5.32 Å². The van der Waals surface area contributed by atoms with Gasteiger partial charge in [-0.3, -0.25) is 4.99 Å². The summed E-state index contributed by atoms with van der Waals surface area (Å²) in [6.07, 6.45) is 10.7. The number of allylic oxidation sites excluding steroid dienone is 7. The molecule has 0 aliphatic heterocycles. The van der Waals surface area contributed by atoms with E-state index in [1.165, 1.54) is 43.6 Å². The molecule has 0 saturated heterocycles. The molecular weight excluding hydrogens is 777 g/mol. The standard InChI is InChI=1S/C51H46N4.C7H8.C2H6/c1-4-13-38-16-9-11-20-46(38)35(2)49-47-21-12-10-17-39(47)25-31-48(49)54-45-29-27-43(28-30-45)51(3,44-26-24-37-15-6-8-19-41(37)33-44)55-50(53-34-52)42-23-22-36-14-5-7-18-40(36)32-42;1-7-5-3-2-4-6-7;1-2/h4-10,12-19,21-33,54H,2,11,20,34,52H2,1,3H3,(H,53,55);2-6H,1H3;1-2H3/b13-4-;;. The molecule has 8 aromatic carbocycles. The Morgan fingerprint density at radius 1 is 0.688 bits per heavy atom. The maximum Gasteiger partial charge on any atom is 0.130 e. The average molecular weight is 837 g/mol. The van der Waals surface area contributed by atoms with Crippen LogP contribution in [0.1, 0.15) is 68.4 Å². The Morgan fingerprint density at radius 3 is 1.94 bits per heavy atom. The summed E-state index contributed by atoms with van der Waals surface area (Å²) in [7, 11) is 0. The van der Waals surface area contributed by atoms with Crippen molar-refractivity contribution in [3.63, 3.8) is 0 Å². The molecule has 0 spiro atoms. The predicted octanol–water partition coefficient (Wildman–Crippen LogP) is 15.4. The van der Waals surface area contributed by atoms with E-state index >= 15 is 0 Å². The highest BCUT2D eigenvalue weighted by Gasteiger charge is 2.31. The van der Waals surface area contributed by atoms with Crippen LogP contribution in [0.25, 0.3) is 37.9 Å². The molecule has 0 heterocycles. The molecule has 1 aliphatic carbocycles. The number of rotatable bonds is 10. The third-order valence-electron chi connectivity index (χ3n) is 11.8. The lowest BCUT2D eigenvalue weighted by atomic mass is 9.83. The van der Waals surface area contributed by atoms with Gasteiger partial charge >= 0.3 is 0 Å². The molecule has 64 heavy (non-hydrogen) atoms. The number of anilines is 2. The molecule has 8 aromatic rings. The highest BCUT2D eigenvalue weighted by Crippen LogP contribution is 2.41. The lowest BCUT2D eigenvalue weighted by Gasteiger charge is -2.34. The van der Waals surface area contributed by atoms with Crippen LogP contribution < -0.4 is 16.4 Å². The molecule has 0 fully saturated rings. The van der Waals surface area contributed by atoms with Crippen LogP contribution in [0, 0.1) is 6.92 Å². The third-order valence-corrected chi connectivity index (χ3v) is 11.8. The van der Waals surface area contributed by atoms with Crippen molar-refractivity contribution in [2.45, 2.75) is 53.0 Å². The zero-order valence-corrected chi connectivity index (χ0v) is 37.9. The highest BCUT2D eigenvalue weighted by molar-refractivity contribution is 6.04. The van der Waals surface area contributed by atoms with Gasteiger partial charge in [-0.05, 0) is 124 Å². The summed E-state index contributed by atoms with van der Waals surface area (Å²) in [6.45, 7) is 15.3. The van der Waals surface area contributed by atoms with E-state index in [4.69, 9.17) is 17.3 Å². The monoisotopic (exact) mass is 836 g/mol. The van der Waals surface area contributed by atoms with E-state index in [1.54, 1.807) is 0 Å². The van der Waals surface area contributed by atoms with Crippen molar-refractivity contribution >= 4 is 55.1 Å². The molecule has 4 N–H and O–H groups in total. The predicted molar refractivity (Wildman–Crippen MR) is 279 cm³/mol. The first kappa shape index (κ1) is 44.8. The fourth-order valence-corrected chi connectivity index (χ4v) is 8.45. The summed E-state index contributed by atoms with van der Waals surface area (Å²) in [5.41, 5.74) is 16.7. The topological polar surface area (TPSA) is 62.4 Å². The Labute approximate surface area is 380 Å². The summed E-state index contributed by atoms with van der Waals surface area (Å²) in [5.74, 6) is 0.745. The van der Waals surface area contributed by atoms with Crippen LogP contribution in [0.2, 0.25) is 0 Å². The van der Waals surface area contributed by atoms with Crippen LogP contribution >= 0.6 is 0 Å². The van der Waals surface area contributed by atoms with E-state index in [9.17, 15) is 0 Å². The molecule has 0 radical (unpaired) electrons. The van der Waals surface area contributed by atoms with Crippen LogP contribution in [0.3, 0.4) is 0 Å². The van der Waals surface area contributed by atoms with Crippen LogP contribution in [-0.2, 0) is 5.54 Å². The number of nitrogens with one attached hydrogen (secondary N) is 2. The van der Waals surface area contributed by atoms with E-state index in [0.717, 1.165) is 63.3 Å². The molecule has 0 aromatic heterocycles. The second kappa shape index (κ2) is 21.2. The molecule has 1 unspecified atom stereocenters. The Hall–Kier alpha value is -7.27. The van der Waals surface area contributed by atoms with E-state index in [1.807, 2.05) is 32.0 Å². The molecule has 4 heteroatoms. The van der Waals surface area contributed by atoms with Gasteiger partial charge in [-0.15, -0.1) is 0 Å². The maximum atomic E-state index is 6.13. The second-order valence-electron chi connectivity index (χ2n) is 16.0. The minimum Gasteiger partial charge on any atom is -0.356 e. The summed E-state index contributed by atoms with van der Waals surface area (Å²) in [5, 5.41) is 14.8. The minimum absolute atomic E-state index is 0.161. The zero-order valence-electron chi connectivity index (χ0n) is 37.9. The molecule has 320 valence electrons. The van der Waals surface area contributed by atoms with Crippen LogP contribution in [-0.4, -0.2) is 12.5 Å². The molecule has 0 saturated carbocycles. The minimum atomic E-state index is -0.658. The third kappa shape index (κ3) is 10.2. The van der Waals surface area contributed by atoms with Gasteiger partial charge < -0.3 is 16.4 Å². The van der Waals surface area contributed by atoms with Crippen molar-refractivity contribution in [3.8, 4) is 0 Å². The van der Waals surface area contributed by atoms with Gasteiger partial charge in [-0.25, -0.2) is 0 Å². The lowest BCUT2D eigenvalue weighted by Crippen LogP contribution is -2.45. The Kier molecular flexibility index (Phi) is 14.8. The number of amidine groups is 1. The van der Waals surface area contributed by atoms with Gasteiger partial charge in [0.05, 0.1) is 12.2 Å². The lowest BCUT2D eigenvalue weighted by molar-refractivity contribution is 0.530. The number of fused-ring (bicyclic) bond motifs is 3. The highest BCUT2D eigenvalue weighted by atomic mass is 15.1. The fraction of sp³-hybridized carbons (Fsp3) is 0.150. The normalized spacial score (nSPS) is 13.5. The fourth-order valence-electron chi connectivity index (χ4n) is 8.45. The van der Waals surface area contributed by atoms with Gasteiger partial charge in [0.2, 0.25) is 0 Å². The number of aliphatic imine (C=N–C) groups is 1. The first-order chi connectivity index (χ1) is 31.3. The molecule has 1 aliphatic rings. The summed E-state index contributed by atoms with van der Waals surface area (Å²) in [6, 6.07) is 62.0. The van der Waals surface area contributed by atoms with Crippen molar-refractivity contribution in [3.05, 3.63) is 246 Å². The summed E-state index contributed by atoms with van der Waals surface area (Å²) in [4.78, 5) is 4.83. The molecule has 1 atom stereocenters. The SMILES string of the molecule is C=C(C1=C(/C=C\C)C=CCC1)c1c(Nc2ccc(C(C)(N/C(=N\CN)c3ccc4ccccc4c3)c3ccc4ccccc4c3)cc2)ccc2ccccc12.CC.Cc1ccccc1. The summed E-state index contributed by atoms with van der Waals surface area (Å²) < 4.78 is 0. The Bertz CT molecular complexity index is 2980. The maximum absolute atomic E-state index is 6.13. The van der Waals surface area contributed by atoms with Gasteiger partial charge in [-0.2, -0.15) is 0 Å². The van der Waals surface area contributed by atoms with Crippen molar-refractivity contribution in [1.29, 1.82) is 0 Å². The number of benzene rings is 8. The second-order valence-corrected chi connectivity index (χ2v) is 16.0. The number of hydrogen-bond donors (Lipinski definition) is 3. The van der Waals surface area contributed by atoms with Gasteiger partial charge in [0.25, 0.3) is 0 Å². The van der Waals surface area contributed by atoms with Gasteiger partial charge in [0.1, 0.15) is 5.84 Å². The molecule has 0 amide bonds. The van der Waals surface area contributed by atoms with E-state index in [0.29, 0.717) is 0 Å². The smallest absolute Gasteiger partial charge is 0.130 e. The van der Waals surface area contributed by atoms with Gasteiger partial charge in [0, 0.05) is 22.5 Å². The van der Waals surface area contributed by atoms with Crippen LogP contribution in [0.15, 0.2) is 223 Å². The number of nitrogens with zero attached hydrogens (tertiary/aromatic N) is 1. The van der Waals surface area contributed by atoms with Gasteiger partial charge in [0.15, 0.2) is 0 Å². The van der Waals surface area contributed by atoms with Crippen molar-refractivity contribution in [2.75, 3.05) is 12.0 Å². The summed E-state index contributed by atoms with van der Waals surface area (Å²) >= 11 is 0. The molecule has 9 rings (SSSR count). The molecular formula is C60H60N4. The average Bonchev–Trinajstić information content (AvgIpc) is 3.35. The van der Waals surface area contributed by atoms with Crippen molar-refractivity contribution < 1.29 is 0 Å². The zero-order chi connectivity index (χ0) is 44.9. The molecule has 4 nitrogen and oxygen atoms in total. The Balaban J connectivity index is 0.000000615. The van der Waals surface area contributed by atoms with Gasteiger partial charge in [-0.1, -0.05) is 196 Å². The van der Waals surface area contributed by atoms with E-state index in [2.05, 4.69) is 213 Å². The number of hydrogen-bond acceptors (Lipinski definition) is 3. The first-order valence-electron chi connectivity index (χ1n) is 22.5. The Morgan fingerprint density at radius 2 is 1.28 bits per heavy atom. The van der Waals surface area contributed by atoms with Crippen LogP contribution in [0.5, 0.6) is 0 Å². The van der Waals surface area contributed by atoms with Crippen molar-refractivity contribution in [2.24, 2.45) is 10.7 Å². The van der Waals surface area contributed by atoms with E-state index < -0.39 is 5.54 Å². The van der Waals surface area contributed by atoms with E-state index in [-0.39, 0.29) is 6.67 Å². The largest absolute Gasteiger partial charge is 0.356 e. The van der Waals surface area contributed by atoms with Crippen LogP contribution in [0.4, 0.5) is 11.4 Å². The quantitative estimate of drug-likeness (QED) is 0.0950.